The van der Waals surface area contributed by atoms with Crippen molar-refractivity contribution in [2.24, 2.45) is 0 Å². The number of rotatable bonds is 0. The molecule has 2 aromatic rings. The number of benzene rings is 1. The van der Waals surface area contributed by atoms with Gasteiger partial charge in [-0.2, -0.15) is 0 Å². The molecule has 0 spiro atoms. The molecule has 0 fully saturated rings. The highest BCUT2D eigenvalue weighted by molar-refractivity contribution is 7.11. The zero-order valence-electron chi connectivity index (χ0n) is 6.02. The van der Waals surface area contributed by atoms with Crippen LogP contribution in [0.1, 0.15) is 4.88 Å². The van der Waals surface area contributed by atoms with E-state index < -0.39 is 0 Å². The Balaban J connectivity index is 2.86. The molecule has 0 atom stereocenters. The molecular weight excluding hydrogens is 176 g/mol. The average molecular weight is 182 g/mol. The SMILES string of the molecule is Cc1s[c]c2cc(Cl)ccc12. The Hall–Kier alpha value is -0.530. The summed E-state index contributed by atoms with van der Waals surface area (Å²) in [4.78, 5) is 1.30. The Kier molecular flexibility index (Phi) is 1.63. The van der Waals surface area contributed by atoms with E-state index in [1.165, 1.54) is 10.3 Å². The van der Waals surface area contributed by atoms with Gasteiger partial charge in [0.2, 0.25) is 0 Å². The van der Waals surface area contributed by atoms with Crippen molar-refractivity contribution in [2.75, 3.05) is 0 Å². The van der Waals surface area contributed by atoms with Crippen LogP contribution < -0.4 is 0 Å². The fourth-order valence-corrected chi connectivity index (χ4v) is 1.99. The third kappa shape index (κ3) is 1.15. The zero-order chi connectivity index (χ0) is 7.84. The van der Waals surface area contributed by atoms with Crippen LogP contribution in [0.3, 0.4) is 0 Å². The van der Waals surface area contributed by atoms with Crippen molar-refractivity contribution < 1.29 is 0 Å². The highest BCUT2D eigenvalue weighted by Crippen LogP contribution is 2.26. The molecule has 1 heterocycles. The fraction of sp³-hybridized carbons (Fsp3) is 0.111. The largest absolute Gasteiger partial charge is 0.138 e. The monoisotopic (exact) mass is 181 g/mol. The van der Waals surface area contributed by atoms with Crippen LogP contribution in [-0.2, 0) is 0 Å². The quantitative estimate of drug-likeness (QED) is 0.582. The lowest BCUT2D eigenvalue weighted by atomic mass is 10.2. The zero-order valence-corrected chi connectivity index (χ0v) is 7.59. The van der Waals surface area contributed by atoms with Crippen LogP contribution in [0.15, 0.2) is 18.2 Å². The van der Waals surface area contributed by atoms with Gasteiger partial charge in [0.05, 0.1) is 5.38 Å². The molecule has 0 saturated carbocycles. The van der Waals surface area contributed by atoms with Gasteiger partial charge in [0.25, 0.3) is 0 Å². The topological polar surface area (TPSA) is 0 Å². The third-order valence-electron chi connectivity index (χ3n) is 1.67. The molecule has 0 bridgehead atoms. The maximum Gasteiger partial charge on any atom is 0.0530 e. The van der Waals surface area contributed by atoms with Crippen molar-refractivity contribution in [2.45, 2.75) is 6.92 Å². The Morgan fingerprint density at radius 3 is 3.09 bits per heavy atom. The van der Waals surface area contributed by atoms with Crippen LogP contribution in [0.5, 0.6) is 0 Å². The molecule has 11 heavy (non-hydrogen) atoms. The number of halogens is 1. The first-order valence-corrected chi connectivity index (χ1v) is 4.53. The van der Waals surface area contributed by atoms with Crippen molar-refractivity contribution in [1.29, 1.82) is 0 Å². The van der Waals surface area contributed by atoms with E-state index in [1.54, 1.807) is 11.3 Å². The molecule has 1 aromatic carbocycles. The molecule has 2 rings (SSSR count). The summed E-state index contributed by atoms with van der Waals surface area (Å²) in [6.45, 7) is 2.09. The fourth-order valence-electron chi connectivity index (χ4n) is 1.09. The van der Waals surface area contributed by atoms with Gasteiger partial charge >= 0.3 is 0 Å². The predicted octanol–water partition coefficient (Wildman–Crippen LogP) is 3.66. The van der Waals surface area contributed by atoms with Gasteiger partial charge in [-0.05, 0) is 24.4 Å². The Morgan fingerprint density at radius 2 is 2.27 bits per heavy atom. The molecule has 0 aliphatic carbocycles. The summed E-state index contributed by atoms with van der Waals surface area (Å²) < 4.78 is 0. The molecular formula is C9H6ClS. The van der Waals surface area contributed by atoms with Gasteiger partial charge in [-0.15, -0.1) is 11.3 Å². The standard InChI is InChI=1S/C9H6ClS/c1-6-9-3-2-8(10)4-7(9)5-11-6/h2-4H,1H3. The summed E-state index contributed by atoms with van der Waals surface area (Å²) in [5, 5.41) is 6.36. The molecule has 0 unspecified atom stereocenters. The number of hydrogen-bond donors (Lipinski definition) is 0. The summed E-state index contributed by atoms with van der Waals surface area (Å²) in [6.07, 6.45) is 0. The van der Waals surface area contributed by atoms with E-state index >= 15 is 0 Å². The second kappa shape index (κ2) is 2.50. The highest BCUT2D eigenvalue weighted by atomic mass is 35.5. The molecule has 0 N–H and O–H groups in total. The first-order chi connectivity index (χ1) is 5.27. The minimum atomic E-state index is 0.784. The molecule has 0 aliphatic rings. The molecule has 2 heteroatoms. The van der Waals surface area contributed by atoms with E-state index in [0.29, 0.717) is 0 Å². The summed E-state index contributed by atoms with van der Waals surface area (Å²) in [5.41, 5.74) is 0. The Bertz CT molecular complexity index is 389. The van der Waals surface area contributed by atoms with E-state index in [0.717, 1.165) is 10.4 Å². The molecule has 0 aliphatic heterocycles. The van der Waals surface area contributed by atoms with Crippen LogP contribution in [0.4, 0.5) is 0 Å². The molecule has 0 amide bonds. The first-order valence-electron chi connectivity index (χ1n) is 3.34. The summed E-state index contributed by atoms with van der Waals surface area (Å²) in [5.74, 6) is 0. The van der Waals surface area contributed by atoms with E-state index in [4.69, 9.17) is 11.6 Å². The number of aryl methyl sites for hydroxylation is 1. The van der Waals surface area contributed by atoms with Gasteiger partial charge in [0.1, 0.15) is 0 Å². The van der Waals surface area contributed by atoms with Gasteiger partial charge < -0.3 is 0 Å². The predicted molar refractivity (Wildman–Crippen MR) is 50.4 cm³/mol. The molecule has 1 radical (unpaired) electrons. The van der Waals surface area contributed by atoms with Crippen LogP contribution >= 0.6 is 22.9 Å². The van der Waals surface area contributed by atoms with Crippen molar-refractivity contribution in [3.63, 3.8) is 0 Å². The highest BCUT2D eigenvalue weighted by Gasteiger charge is 1.99. The van der Waals surface area contributed by atoms with Crippen molar-refractivity contribution in [3.05, 3.63) is 33.5 Å². The lowest BCUT2D eigenvalue weighted by molar-refractivity contribution is 1.68. The van der Waals surface area contributed by atoms with Crippen molar-refractivity contribution in [3.8, 4) is 0 Å². The number of fused-ring (bicyclic) bond motifs is 1. The third-order valence-corrected chi connectivity index (χ3v) is 2.76. The number of thiophene rings is 1. The smallest absolute Gasteiger partial charge is 0.0530 e. The second-order valence-corrected chi connectivity index (χ2v) is 3.91. The Labute approximate surface area is 74.4 Å². The van der Waals surface area contributed by atoms with Gasteiger partial charge in [-0.25, -0.2) is 0 Å². The normalized spacial score (nSPS) is 10.7. The lowest BCUT2D eigenvalue weighted by Crippen LogP contribution is -1.66. The summed E-state index contributed by atoms with van der Waals surface area (Å²) in [6, 6.07) is 5.90. The van der Waals surface area contributed by atoms with E-state index in [1.807, 2.05) is 18.2 Å². The van der Waals surface area contributed by atoms with Gasteiger partial charge in [-0.3, -0.25) is 0 Å². The minimum absolute atomic E-state index is 0.784. The van der Waals surface area contributed by atoms with Crippen LogP contribution in [0, 0.1) is 12.3 Å². The molecule has 0 saturated heterocycles. The average Bonchev–Trinajstić information content (AvgIpc) is 2.32. The summed E-state index contributed by atoms with van der Waals surface area (Å²) in [7, 11) is 0. The van der Waals surface area contributed by atoms with Crippen molar-refractivity contribution >= 4 is 33.7 Å². The number of hydrogen-bond acceptors (Lipinski definition) is 1. The lowest BCUT2D eigenvalue weighted by Gasteiger charge is -1.90. The van der Waals surface area contributed by atoms with E-state index in [-0.39, 0.29) is 0 Å². The van der Waals surface area contributed by atoms with Crippen LogP contribution in [0.25, 0.3) is 10.8 Å². The maximum atomic E-state index is 5.81. The minimum Gasteiger partial charge on any atom is -0.138 e. The van der Waals surface area contributed by atoms with E-state index in [2.05, 4.69) is 12.3 Å². The molecule has 55 valence electrons. The molecule has 0 nitrogen and oxygen atoms in total. The van der Waals surface area contributed by atoms with Crippen molar-refractivity contribution in [1.82, 2.24) is 0 Å². The van der Waals surface area contributed by atoms with Gasteiger partial charge in [0.15, 0.2) is 0 Å². The second-order valence-electron chi connectivity index (χ2n) is 2.45. The van der Waals surface area contributed by atoms with Crippen LogP contribution in [0.2, 0.25) is 5.02 Å². The van der Waals surface area contributed by atoms with Crippen LogP contribution in [-0.4, -0.2) is 0 Å². The molecule has 1 aromatic heterocycles. The van der Waals surface area contributed by atoms with Gasteiger partial charge in [0, 0.05) is 15.3 Å². The summed E-state index contributed by atoms with van der Waals surface area (Å²) >= 11 is 7.46. The van der Waals surface area contributed by atoms with Gasteiger partial charge in [-0.1, -0.05) is 17.7 Å². The maximum absolute atomic E-state index is 5.81. The van der Waals surface area contributed by atoms with E-state index in [9.17, 15) is 0 Å². The first kappa shape index (κ1) is 7.14. The Morgan fingerprint density at radius 1 is 1.45 bits per heavy atom.